The molecule has 0 bridgehead atoms. The zero-order valence-corrected chi connectivity index (χ0v) is 14.0. The third kappa shape index (κ3) is 4.34. The Balaban J connectivity index is 2.16. The van der Waals surface area contributed by atoms with Gasteiger partial charge in [0.1, 0.15) is 10.2 Å². The van der Waals surface area contributed by atoms with Crippen LogP contribution >= 0.6 is 23.4 Å². The zero-order chi connectivity index (χ0) is 15.2. The molecule has 0 spiro atoms. The Labute approximate surface area is 135 Å². The molecular weight excluding hydrogens is 308 g/mol. The molecule has 116 valence electrons. The molecule has 0 aliphatic carbocycles. The summed E-state index contributed by atoms with van der Waals surface area (Å²) in [6.07, 6.45) is 2.81. The second-order valence-corrected chi connectivity index (χ2v) is 6.57. The van der Waals surface area contributed by atoms with E-state index in [2.05, 4.69) is 11.9 Å². The lowest BCUT2D eigenvalue weighted by atomic mass is 10.1. The number of nitrogens with zero attached hydrogens (tertiary/aromatic N) is 2. The molecule has 0 atom stereocenters. The van der Waals surface area contributed by atoms with Crippen molar-refractivity contribution in [3.63, 3.8) is 0 Å². The topological polar surface area (TPSA) is 42.4 Å². The zero-order valence-electron chi connectivity index (χ0n) is 12.5. The molecule has 1 aromatic heterocycles. The second kappa shape index (κ2) is 8.01. The van der Waals surface area contributed by atoms with Crippen LogP contribution in [-0.2, 0) is 4.74 Å². The maximum absolute atomic E-state index is 12.7. The fourth-order valence-electron chi connectivity index (χ4n) is 2.32. The molecule has 1 aliphatic heterocycles. The van der Waals surface area contributed by atoms with E-state index in [1.807, 2.05) is 11.9 Å². The monoisotopic (exact) mass is 328 g/mol. The highest BCUT2D eigenvalue weighted by Crippen LogP contribution is 2.26. The molecular formula is C15H21ClN2O2S. The van der Waals surface area contributed by atoms with Crippen LogP contribution < -0.4 is 0 Å². The first-order valence-electron chi connectivity index (χ1n) is 7.27. The van der Waals surface area contributed by atoms with Crippen LogP contribution in [-0.4, -0.2) is 47.8 Å². The van der Waals surface area contributed by atoms with E-state index in [4.69, 9.17) is 16.3 Å². The molecule has 4 nitrogen and oxygen atoms in total. The maximum Gasteiger partial charge on any atom is 0.256 e. The van der Waals surface area contributed by atoms with Crippen molar-refractivity contribution >= 4 is 29.3 Å². The summed E-state index contributed by atoms with van der Waals surface area (Å²) >= 11 is 7.55. The molecule has 0 radical (unpaired) electrons. The highest BCUT2D eigenvalue weighted by atomic mass is 35.5. The summed E-state index contributed by atoms with van der Waals surface area (Å²) in [6, 6.07) is 3.71. The van der Waals surface area contributed by atoms with E-state index in [0.717, 1.165) is 43.3 Å². The summed E-state index contributed by atoms with van der Waals surface area (Å²) in [5.41, 5.74) is 0.645. The maximum atomic E-state index is 12.7. The molecule has 2 heterocycles. The second-order valence-electron chi connectivity index (χ2n) is 5.09. The summed E-state index contributed by atoms with van der Waals surface area (Å²) in [5, 5.41) is 1.16. The fraction of sp³-hybridized carbons (Fsp3) is 0.600. The van der Waals surface area contributed by atoms with Gasteiger partial charge in [0.15, 0.2) is 0 Å². The van der Waals surface area contributed by atoms with Gasteiger partial charge in [0.2, 0.25) is 0 Å². The Morgan fingerprint density at radius 3 is 2.86 bits per heavy atom. The van der Waals surface area contributed by atoms with Gasteiger partial charge in [-0.15, -0.1) is 11.8 Å². The van der Waals surface area contributed by atoms with Gasteiger partial charge in [-0.05, 0) is 37.1 Å². The van der Waals surface area contributed by atoms with Gasteiger partial charge in [0, 0.05) is 26.3 Å². The first-order valence-corrected chi connectivity index (χ1v) is 8.64. The number of ether oxygens (including phenoxy) is 1. The lowest BCUT2D eigenvalue weighted by molar-refractivity contribution is 0.0360. The van der Waals surface area contributed by atoms with Crippen LogP contribution in [0, 0.1) is 0 Å². The van der Waals surface area contributed by atoms with Crippen molar-refractivity contribution in [2.75, 3.05) is 26.0 Å². The number of carbonyl (C=O) groups is 1. The van der Waals surface area contributed by atoms with Crippen LogP contribution in [0.15, 0.2) is 17.2 Å². The highest BCUT2D eigenvalue weighted by molar-refractivity contribution is 7.99. The molecule has 2 rings (SSSR count). The van der Waals surface area contributed by atoms with Crippen molar-refractivity contribution in [1.82, 2.24) is 9.88 Å². The Hall–Kier alpha value is -0.780. The molecule has 0 saturated carbocycles. The van der Waals surface area contributed by atoms with Gasteiger partial charge >= 0.3 is 0 Å². The van der Waals surface area contributed by atoms with Gasteiger partial charge in [-0.25, -0.2) is 4.98 Å². The van der Waals surface area contributed by atoms with Crippen molar-refractivity contribution in [1.29, 1.82) is 0 Å². The van der Waals surface area contributed by atoms with Crippen LogP contribution in [0.5, 0.6) is 0 Å². The number of carbonyl (C=O) groups excluding carboxylic acids is 1. The van der Waals surface area contributed by atoms with Gasteiger partial charge in [0.25, 0.3) is 5.91 Å². The Kier molecular flexibility index (Phi) is 6.33. The minimum Gasteiger partial charge on any atom is -0.381 e. The lowest BCUT2D eigenvalue weighted by Gasteiger charge is -2.31. The molecule has 1 aliphatic rings. The van der Waals surface area contributed by atoms with Gasteiger partial charge in [-0.2, -0.15) is 0 Å². The van der Waals surface area contributed by atoms with E-state index in [1.54, 1.807) is 23.9 Å². The number of thioether (sulfide) groups is 1. The predicted molar refractivity (Wildman–Crippen MR) is 86.2 cm³/mol. The number of halogens is 1. The summed E-state index contributed by atoms with van der Waals surface area (Å²) in [7, 11) is 1.86. The minimum atomic E-state index is 0.0182. The molecule has 0 aromatic carbocycles. The predicted octanol–water partition coefficient (Wildman–Crippen LogP) is 3.49. The molecule has 0 N–H and O–H groups in total. The average molecular weight is 329 g/mol. The largest absolute Gasteiger partial charge is 0.381 e. The fourth-order valence-corrected chi connectivity index (χ4v) is 3.39. The minimum absolute atomic E-state index is 0.0182. The van der Waals surface area contributed by atoms with Gasteiger partial charge in [-0.1, -0.05) is 18.5 Å². The molecule has 1 fully saturated rings. The van der Waals surface area contributed by atoms with Crippen molar-refractivity contribution in [2.45, 2.75) is 37.3 Å². The molecule has 0 unspecified atom stereocenters. The molecule has 1 aromatic rings. The van der Waals surface area contributed by atoms with E-state index in [-0.39, 0.29) is 11.9 Å². The smallest absolute Gasteiger partial charge is 0.256 e. The van der Waals surface area contributed by atoms with Crippen LogP contribution in [0.1, 0.15) is 36.5 Å². The number of amides is 1. The number of hydrogen-bond donors (Lipinski definition) is 0. The normalized spacial score (nSPS) is 16.0. The summed E-state index contributed by atoms with van der Waals surface area (Å²) < 4.78 is 5.36. The Bertz CT molecular complexity index is 493. The molecule has 21 heavy (non-hydrogen) atoms. The number of aromatic nitrogens is 1. The van der Waals surface area contributed by atoms with E-state index in [0.29, 0.717) is 10.7 Å². The standard InChI is InChI=1S/C15H21ClN2O2S/c1-3-10-21-14-12(4-5-13(16)17-14)15(19)18(2)11-6-8-20-9-7-11/h4-5,11H,3,6-10H2,1-2H3. The number of rotatable bonds is 5. The lowest BCUT2D eigenvalue weighted by Crippen LogP contribution is -2.40. The Morgan fingerprint density at radius 2 is 2.19 bits per heavy atom. The van der Waals surface area contributed by atoms with E-state index in [1.165, 1.54) is 0 Å². The van der Waals surface area contributed by atoms with E-state index >= 15 is 0 Å². The highest BCUT2D eigenvalue weighted by Gasteiger charge is 2.25. The van der Waals surface area contributed by atoms with E-state index < -0.39 is 0 Å². The summed E-state index contributed by atoms with van der Waals surface area (Å²) in [4.78, 5) is 18.9. The van der Waals surface area contributed by atoms with Gasteiger partial charge in [-0.3, -0.25) is 4.79 Å². The quantitative estimate of drug-likeness (QED) is 0.613. The van der Waals surface area contributed by atoms with Crippen LogP contribution in [0.25, 0.3) is 0 Å². The summed E-state index contributed by atoms with van der Waals surface area (Å²) in [6.45, 7) is 3.55. The first kappa shape index (κ1) is 16.6. The van der Waals surface area contributed by atoms with Crippen molar-refractivity contribution in [3.05, 3.63) is 22.8 Å². The SMILES string of the molecule is CCCSc1nc(Cl)ccc1C(=O)N(C)C1CCOCC1. The van der Waals surface area contributed by atoms with Gasteiger partial charge in [0.05, 0.1) is 5.56 Å². The molecule has 1 amide bonds. The third-order valence-corrected chi connectivity index (χ3v) is 4.97. The molecule has 1 saturated heterocycles. The number of pyridine rings is 1. The molecule has 6 heteroatoms. The van der Waals surface area contributed by atoms with Crippen molar-refractivity contribution in [3.8, 4) is 0 Å². The third-order valence-electron chi connectivity index (χ3n) is 3.56. The van der Waals surface area contributed by atoms with Crippen molar-refractivity contribution in [2.24, 2.45) is 0 Å². The summed E-state index contributed by atoms with van der Waals surface area (Å²) in [5.74, 6) is 0.943. The van der Waals surface area contributed by atoms with Gasteiger partial charge < -0.3 is 9.64 Å². The Morgan fingerprint density at radius 1 is 1.48 bits per heavy atom. The average Bonchev–Trinajstić information content (AvgIpc) is 2.52. The number of hydrogen-bond acceptors (Lipinski definition) is 4. The van der Waals surface area contributed by atoms with Crippen LogP contribution in [0.4, 0.5) is 0 Å². The van der Waals surface area contributed by atoms with Crippen molar-refractivity contribution < 1.29 is 9.53 Å². The van der Waals surface area contributed by atoms with E-state index in [9.17, 15) is 4.79 Å². The first-order chi connectivity index (χ1) is 10.1. The van der Waals surface area contributed by atoms with Crippen LogP contribution in [0.3, 0.4) is 0 Å². The van der Waals surface area contributed by atoms with Crippen LogP contribution in [0.2, 0.25) is 5.15 Å².